The van der Waals surface area contributed by atoms with Gasteiger partial charge in [-0.2, -0.15) is 5.10 Å². The van der Waals surface area contributed by atoms with E-state index in [0.717, 1.165) is 5.56 Å². The first kappa shape index (κ1) is 19.1. The second-order valence-electron chi connectivity index (χ2n) is 6.00. The van der Waals surface area contributed by atoms with Crippen molar-refractivity contribution in [3.63, 3.8) is 0 Å². The Morgan fingerprint density at radius 2 is 1.71 bits per heavy atom. The lowest BCUT2D eigenvalue weighted by atomic mass is 10.1. The summed E-state index contributed by atoms with van der Waals surface area (Å²) in [5.74, 6) is -0.736. The Kier molecular flexibility index (Phi) is 5.98. The number of hydrazone groups is 1. The van der Waals surface area contributed by atoms with Crippen LogP contribution >= 0.6 is 0 Å². The standard InChI is InChI=1S/C21H19N3O4/c1-14(23-24-21(27)19(25)16-6-3-2-4-7-16)15-9-11-17(12-10-15)22-20(26)18-8-5-13-28-18/h2-13,19,25H,1H3,(H,22,26)(H,24,27)/b23-14-/t19-/m0/s1. The lowest BCUT2D eigenvalue weighted by Gasteiger charge is -2.10. The monoisotopic (exact) mass is 377 g/mol. The molecular weight excluding hydrogens is 358 g/mol. The molecule has 0 aliphatic rings. The number of amides is 2. The molecule has 3 rings (SSSR count). The largest absolute Gasteiger partial charge is 0.459 e. The molecule has 0 spiro atoms. The fourth-order valence-corrected chi connectivity index (χ4v) is 2.45. The van der Waals surface area contributed by atoms with Crippen molar-refractivity contribution in [3.05, 3.63) is 89.9 Å². The normalized spacial score (nSPS) is 12.3. The average Bonchev–Trinajstić information content (AvgIpc) is 3.27. The molecule has 1 atom stereocenters. The highest BCUT2D eigenvalue weighted by Gasteiger charge is 2.16. The number of carbonyl (C=O) groups excluding carboxylic acids is 2. The number of nitrogens with zero attached hydrogens (tertiary/aromatic N) is 1. The maximum atomic E-state index is 12.0. The fraction of sp³-hybridized carbons (Fsp3) is 0.0952. The summed E-state index contributed by atoms with van der Waals surface area (Å²) < 4.78 is 5.04. The van der Waals surface area contributed by atoms with Crippen molar-refractivity contribution in [2.45, 2.75) is 13.0 Å². The number of carbonyl (C=O) groups is 2. The third-order valence-corrected chi connectivity index (χ3v) is 4.00. The van der Waals surface area contributed by atoms with Crippen LogP contribution in [-0.4, -0.2) is 22.6 Å². The van der Waals surface area contributed by atoms with Crippen LogP contribution in [0.1, 0.15) is 34.7 Å². The van der Waals surface area contributed by atoms with Crippen LogP contribution in [0.2, 0.25) is 0 Å². The summed E-state index contributed by atoms with van der Waals surface area (Å²) in [6.45, 7) is 1.73. The zero-order valence-electron chi connectivity index (χ0n) is 15.1. The van der Waals surface area contributed by atoms with Crippen LogP contribution in [0.25, 0.3) is 0 Å². The molecule has 3 N–H and O–H groups in total. The number of hydrogen-bond acceptors (Lipinski definition) is 5. The summed E-state index contributed by atoms with van der Waals surface area (Å²) in [4.78, 5) is 24.0. The van der Waals surface area contributed by atoms with E-state index in [-0.39, 0.29) is 11.7 Å². The van der Waals surface area contributed by atoms with Gasteiger partial charge in [0.15, 0.2) is 11.9 Å². The van der Waals surface area contributed by atoms with Crippen LogP contribution in [-0.2, 0) is 4.79 Å². The summed E-state index contributed by atoms with van der Waals surface area (Å²) in [6, 6.07) is 18.8. The molecule has 0 aliphatic heterocycles. The van der Waals surface area contributed by atoms with Crippen molar-refractivity contribution in [3.8, 4) is 0 Å². The van der Waals surface area contributed by atoms with Crippen molar-refractivity contribution >= 4 is 23.2 Å². The summed E-state index contributed by atoms with van der Waals surface area (Å²) in [7, 11) is 0. The van der Waals surface area contributed by atoms with Crippen molar-refractivity contribution in [1.29, 1.82) is 0 Å². The van der Waals surface area contributed by atoms with E-state index in [2.05, 4.69) is 15.8 Å². The molecule has 142 valence electrons. The van der Waals surface area contributed by atoms with Crippen LogP contribution in [0.4, 0.5) is 5.69 Å². The number of rotatable bonds is 6. The first-order valence-corrected chi connectivity index (χ1v) is 8.57. The predicted octanol–water partition coefficient (Wildman–Crippen LogP) is 3.11. The number of aliphatic hydroxyl groups excluding tert-OH is 1. The number of nitrogens with one attached hydrogen (secondary N) is 2. The molecule has 0 aliphatic carbocycles. The summed E-state index contributed by atoms with van der Waals surface area (Å²) in [6.07, 6.45) is 0.137. The SMILES string of the molecule is C/C(=N/NC(=O)[C@@H](O)c1ccccc1)c1ccc(NC(=O)c2ccco2)cc1. The Balaban J connectivity index is 1.60. The molecule has 1 aromatic heterocycles. The molecule has 2 aromatic carbocycles. The van der Waals surface area contributed by atoms with Gasteiger partial charge >= 0.3 is 0 Å². The van der Waals surface area contributed by atoms with Gasteiger partial charge in [-0.3, -0.25) is 9.59 Å². The van der Waals surface area contributed by atoms with E-state index >= 15 is 0 Å². The Labute approximate surface area is 161 Å². The molecule has 0 saturated heterocycles. The minimum Gasteiger partial charge on any atom is -0.459 e. The molecule has 7 heteroatoms. The highest BCUT2D eigenvalue weighted by atomic mass is 16.3. The van der Waals surface area contributed by atoms with Gasteiger partial charge in [-0.15, -0.1) is 0 Å². The second kappa shape index (κ2) is 8.79. The van der Waals surface area contributed by atoms with Gasteiger partial charge in [0.2, 0.25) is 0 Å². The quantitative estimate of drug-likeness (QED) is 0.453. The van der Waals surface area contributed by atoms with Crippen LogP contribution in [0.15, 0.2) is 82.5 Å². The highest BCUT2D eigenvalue weighted by molar-refractivity contribution is 6.03. The van der Waals surface area contributed by atoms with E-state index in [1.165, 1.54) is 6.26 Å². The van der Waals surface area contributed by atoms with Gasteiger partial charge in [0.25, 0.3) is 11.8 Å². The van der Waals surface area contributed by atoms with Crippen molar-refractivity contribution in [2.75, 3.05) is 5.32 Å². The maximum absolute atomic E-state index is 12.0. The molecule has 1 heterocycles. The number of anilines is 1. The topological polar surface area (TPSA) is 104 Å². The van der Waals surface area contributed by atoms with E-state index in [1.807, 2.05) is 0 Å². The van der Waals surface area contributed by atoms with E-state index in [4.69, 9.17) is 4.42 Å². The summed E-state index contributed by atoms with van der Waals surface area (Å²) in [5, 5.41) is 16.8. The van der Waals surface area contributed by atoms with Gasteiger partial charge in [0.05, 0.1) is 12.0 Å². The zero-order valence-corrected chi connectivity index (χ0v) is 15.1. The summed E-state index contributed by atoms with van der Waals surface area (Å²) in [5.41, 5.74) is 4.76. The maximum Gasteiger partial charge on any atom is 0.291 e. The number of benzene rings is 2. The first-order valence-electron chi connectivity index (χ1n) is 8.57. The molecule has 28 heavy (non-hydrogen) atoms. The van der Waals surface area contributed by atoms with Gasteiger partial charge in [-0.1, -0.05) is 42.5 Å². The Bertz CT molecular complexity index is 965. The Morgan fingerprint density at radius 1 is 1.00 bits per heavy atom. The van der Waals surface area contributed by atoms with Crippen LogP contribution in [0.5, 0.6) is 0 Å². The number of furan rings is 1. The molecule has 2 amide bonds. The van der Waals surface area contributed by atoms with Gasteiger partial charge in [-0.25, -0.2) is 5.43 Å². The smallest absolute Gasteiger partial charge is 0.291 e. The molecule has 0 unspecified atom stereocenters. The Morgan fingerprint density at radius 3 is 2.36 bits per heavy atom. The van der Waals surface area contributed by atoms with Gasteiger partial charge < -0.3 is 14.8 Å². The zero-order chi connectivity index (χ0) is 19.9. The number of hydrogen-bond donors (Lipinski definition) is 3. The third-order valence-electron chi connectivity index (χ3n) is 4.00. The van der Waals surface area contributed by atoms with E-state index in [9.17, 15) is 14.7 Å². The molecule has 0 saturated carbocycles. The molecular formula is C21H19N3O4. The molecule has 7 nitrogen and oxygen atoms in total. The van der Waals surface area contributed by atoms with Crippen LogP contribution in [0, 0.1) is 0 Å². The number of aliphatic hydroxyl groups is 1. The fourth-order valence-electron chi connectivity index (χ4n) is 2.45. The van der Waals surface area contributed by atoms with Crippen LogP contribution < -0.4 is 10.7 Å². The highest BCUT2D eigenvalue weighted by Crippen LogP contribution is 2.14. The lowest BCUT2D eigenvalue weighted by Crippen LogP contribution is -2.26. The van der Waals surface area contributed by atoms with Gasteiger partial charge in [0, 0.05) is 5.69 Å². The first-order chi connectivity index (χ1) is 13.5. The minimum atomic E-state index is -1.29. The van der Waals surface area contributed by atoms with Crippen molar-refractivity contribution < 1.29 is 19.1 Å². The van der Waals surface area contributed by atoms with Crippen molar-refractivity contribution in [1.82, 2.24) is 5.43 Å². The predicted molar refractivity (Wildman–Crippen MR) is 105 cm³/mol. The average molecular weight is 377 g/mol. The minimum absolute atomic E-state index is 0.224. The van der Waals surface area contributed by atoms with Gasteiger partial charge in [0.1, 0.15) is 0 Å². The molecule has 3 aromatic rings. The third kappa shape index (κ3) is 4.72. The van der Waals surface area contributed by atoms with E-state index < -0.39 is 12.0 Å². The summed E-state index contributed by atoms with van der Waals surface area (Å²) >= 11 is 0. The second-order valence-corrected chi connectivity index (χ2v) is 6.00. The van der Waals surface area contributed by atoms with E-state index in [1.54, 1.807) is 73.7 Å². The van der Waals surface area contributed by atoms with Gasteiger partial charge in [-0.05, 0) is 42.3 Å². The van der Waals surface area contributed by atoms with E-state index in [0.29, 0.717) is 17.0 Å². The molecule has 0 radical (unpaired) electrons. The van der Waals surface area contributed by atoms with Crippen molar-refractivity contribution in [2.24, 2.45) is 5.10 Å². The Hall–Kier alpha value is -3.71. The molecule has 0 fully saturated rings. The lowest BCUT2D eigenvalue weighted by molar-refractivity contribution is -0.129. The molecule has 0 bridgehead atoms. The van der Waals surface area contributed by atoms with Crippen LogP contribution in [0.3, 0.4) is 0 Å².